The summed E-state index contributed by atoms with van der Waals surface area (Å²) in [6, 6.07) is 6.37. The number of hydrogen-bond donors (Lipinski definition) is 0. The van der Waals surface area contributed by atoms with Gasteiger partial charge < -0.3 is 4.90 Å². The van der Waals surface area contributed by atoms with Crippen molar-refractivity contribution in [2.24, 2.45) is 0 Å². The zero-order valence-electron chi connectivity index (χ0n) is 11.9. The van der Waals surface area contributed by atoms with E-state index >= 15 is 0 Å². The monoisotopic (exact) mass is 268 g/mol. The molecule has 0 saturated carbocycles. The van der Waals surface area contributed by atoms with Crippen LogP contribution in [0.25, 0.3) is 0 Å². The predicted molar refractivity (Wildman–Crippen MR) is 79.8 cm³/mol. The Kier molecular flexibility index (Phi) is 3.90. The third kappa shape index (κ3) is 2.95. The van der Waals surface area contributed by atoms with Crippen LogP contribution in [-0.4, -0.2) is 28.0 Å². The number of rotatable bonds is 2. The van der Waals surface area contributed by atoms with Crippen LogP contribution in [0.15, 0.2) is 36.9 Å². The lowest BCUT2D eigenvalue weighted by Gasteiger charge is -2.21. The molecular weight excluding hydrogens is 248 g/mol. The van der Waals surface area contributed by atoms with Gasteiger partial charge in [0.2, 0.25) is 0 Å². The van der Waals surface area contributed by atoms with Gasteiger partial charge in [0.15, 0.2) is 0 Å². The van der Waals surface area contributed by atoms with Gasteiger partial charge in [-0.2, -0.15) is 0 Å². The molecule has 0 N–H and O–H groups in total. The number of nitrogens with zero attached hydrogens (tertiary/aromatic N) is 4. The standard InChI is InChI=1S/C16H20N4/c1-13-11-16(19-12-18-13)20-9-2-3-14(6-10-20)15-4-7-17-8-5-15/h4-5,7-8,11-12,14H,2-3,6,9-10H2,1H3. The van der Waals surface area contributed by atoms with Crippen LogP contribution in [0.4, 0.5) is 5.82 Å². The number of anilines is 1. The molecule has 0 bridgehead atoms. The van der Waals surface area contributed by atoms with Gasteiger partial charge in [-0.15, -0.1) is 0 Å². The Morgan fingerprint density at radius 2 is 1.95 bits per heavy atom. The molecule has 1 aliphatic heterocycles. The van der Waals surface area contributed by atoms with E-state index in [1.165, 1.54) is 24.8 Å². The van der Waals surface area contributed by atoms with E-state index in [0.29, 0.717) is 5.92 Å². The molecule has 1 fully saturated rings. The minimum atomic E-state index is 0.644. The quantitative estimate of drug-likeness (QED) is 0.839. The van der Waals surface area contributed by atoms with Gasteiger partial charge >= 0.3 is 0 Å². The third-order valence-electron chi connectivity index (χ3n) is 4.02. The highest BCUT2D eigenvalue weighted by molar-refractivity contribution is 5.39. The number of aromatic nitrogens is 3. The average Bonchev–Trinajstić information content (AvgIpc) is 2.74. The molecule has 4 nitrogen and oxygen atoms in total. The maximum Gasteiger partial charge on any atom is 0.132 e. The Morgan fingerprint density at radius 3 is 2.75 bits per heavy atom. The van der Waals surface area contributed by atoms with Crippen molar-refractivity contribution in [2.75, 3.05) is 18.0 Å². The molecule has 0 aromatic carbocycles. The van der Waals surface area contributed by atoms with Gasteiger partial charge in [-0.3, -0.25) is 4.98 Å². The second-order valence-corrected chi connectivity index (χ2v) is 5.41. The van der Waals surface area contributed by atoms with Crippen LogP contribution in [0.1, 0.15) is 36.4 Å². The van der Waals surface area contributed by atoms with Crippen LogP contribution in [0, 0.1) is 6.92 Å². The van der Waals surface area contributed by atoms with Crippen LogP contribution in [0.5, 0.6) is 0 Å². The number of hydrogen-bond acceptors (Lipinski definition) is 4. The molecule has 0 spiro atoms. The van der Waals surface area contributed by atoms with E-state index in [2.05, 4.69) is 38.1 Å². The molecule has 104 valence electrons. The largest absolute Gasteiger partial charge is 0.356 e. The molecule has 2 aromatic rings. The van der Waals surface area contributed by atoms with Crippen molar-refractivity contribution in [3.05, 3.63) is 48.2 Å². The summed E-state index contributed by atoms with van der Waals surface area (Å²) in [6.45, 7) is 4.16. The van der Waals surface area contributed by atoms with Gasteiger partial charge in [0.25, 0.3) is 0 Å². The Hall–Kier alpha value is -1.97. The Balaban J connectivity index is 1.71. The third-order valence-corrected chi connectivity index (χ3v) is 4.02. The van der Waals surface area contributed by atoms with Crippen LogP contribution in [0.3, 0.4) is 0 Å². The van der Waals surface area contributed by atoms with E-state index in [9.17, 15) is 0 Å². The summed E-state index contributed by atoms with van der Waals surface area (Å²) in [7, 11) is 0. The van der Waals surface area contributed by atoms with E-state index in [0.717, 1.165) is 24.6 Å². The summed E-state index contributed by atoms with van der Waals surface area (Å²) >= 11 is 0. The molecule has 3 heterocycles. The molecule has 1 saturated heterocycles. The van der Waals surface area contributed by atoms with E-state index in [1.54, 1.807) is 6.33 Å². The minimum absolute atomic E-state index is 0.644. The average molecular weight is 268 g/mol. The van der Waals surface area contributed by atoms with Crippen molar-refractivity contribution < 1.29 is 0 Å². The summed E-state index contributed by atoms with van der Waals surface area (Å²) in [4.78, 5) is 15.1. The molecule has 0 aliphatic carbocycles. The van der Waals surface area contributed by atoms with E-state index in [1.807, 2.05) is 19.3 Å². The van der Waals surface area contributed by atoms with Crippen molar-refractivity contribution in [1.82, 2.24) is 15.0 Å². The molecule has 1 aliphatic rings. The first-order valence-electron chi connectivity index (χ1n) is 7.26. The van der Waals surface area contributed by atoms with Crippen molar-refractivity contribution in [3.8, 4) is 0 Å². The smallest absolute Gasteiger partial charge is 0.132 e. The maximum atomic E-state index is 4.41. The van der Waals surface area contributed by atoms with Crippen molar-refractivity contribution in [3.63, 3.8) is 0 Å². The van der Waals surface area contributed by atoms with Crippen molar-refractivity contribution in [1.29, 1.82) is 0 Å². The molecule has 2 aromatic heterocycles. The normalized spacial score (nSPS) is 19.6. The zero-order chi connectivity index (χ0) is 13.8. The van der Waals surface area contributed by atoms with Crippen LogP contribution in [-0.2, 0) is 0 Å². The summed E-state index contributed by atoms with van der Waals surface area (Å²) in [5.41, 5.74) is 2.45. The lowest BCUT2D eigenvalue weighted by molar-refractivity contribution is 0.611. The number of aryl methyl sites for hydroxylation is 1. The van der Waals surface area contributed by atoms with Gasteiger partial charge in [0.05, 0.1) is 0 Å². The van der Waals surface area contributed by atoms with Gasteiger partial charge in [-0.25, -0.2) is 9.97 Å². The molecular formula is C16H20N4. The molecule has 1 unspecified atom stereocenters. The fourth-order valence-electron chi connectivity index (χ4n) is 2.91. The minimum Gasteiger partial charge on any atom is -0.356 e. The molecule has 3 rings (SSSR count). The Labute approximate surface area is 119 Å². The summed E-state index contributed by atoms with van der Waals surface area (Å²) < 4.78 is 0. The van der Waals surface area contributed by atoms with Crippen molar-refractivity contribution in [2.45, 2.75) is 32.1 Å². The Morgan fingerprint density at radius 1 is 1.10 bits per heavy atom. The zero-order valence-corrected chi connectivity index (χ0v) is 11.9. The molecule has 0 amide bonds. The lowest BCUT2D eigenvalue weighted by atomic mass is 9.93. The van der Waals surface area contributed by atoms with E-state index < -0.39 is 0 Å². The van der Waals surface area contributed by atoms with E-state index in [4.69, 9.17) is 0 Å². The van der Waals surface area contributed by atoms with Gasteiger partial charge in [-0.05, 0) is 49.8 Å². The highest BCUT2D eigenvalue weighted by Crippen LogP contribution is 2.29. The molecule has 4 heteroatoms. The van der Waals surface area contributed by atoms with Crippen LogP contribution in [0.2, 0.25) is 0 Å². The first kappa shape index (κ1) is 13.0. The van der Waals surface area contributed by atoms with Gasteiger partial charge in [-0.1, -0.05) is 0 Å². The maximum absolute atomic E-state index is 4.41. The van der Waals surface area contributed by atoms with Crippen molar-refractivity contribution >= 4 is 5.82 Å². The fraction of sp³-hybridized carbons (Fsp3) is 0.438. The second kappa shape index (κ2) is 5.99. The molecule has 0 radical (unpaired) electrons. The molecule has 20 heavy (non-hydrogen) atoms. The SMILES string of the molecule is Cc1cc(N2CCCC(c3ccncc3)CC2)ncn1. The fourth-order valence-corrected chi connectivity index (χ4v) is 2.91. The lowest BCUT2D eigenvalue weighted by Crippen LogP contribution is -2.25. The topological polar surface area (TPSA) is 41.9 Å². The second-order valence-electron chi connectivity index (χ2n) is 5.41. The van der Waals surface area contributed by atoms with Gasteiger partial charge in [0, 0.05) is 37.2 Å². The molecule has 1 atom stereocenters. The first-order chi connectivity index (χ1) is 9.83. The van der Waals surface area contributed by atoms with Crippen LogP contribution < -0.4 is 4.90 Å². The highest BCUT2D eigenvalue weighted by Gasteiger charge is 2.19. The van der Waals surface area contributed by atoms with Gasteiger partial charge in [0.1, 0.15) is 12.1 Å². The van der Waals surface area contributed by atoms with Crippen LogP contribution >= 0.6 is 0 Å². The predicted octanol–water partition coefficient (Wildman–Crippen LogP) is 2.95. The first-order valence-corrected chi connectivity index (χ1v) is 7.26. The summed E-state index contributed by atoms with van der Waals surface area (Å²) in [5.74, 6) is 1.71. The summed E-state index contributed by atoms with van der Waals surface area (Å²) in [5, 5.41) is 0. The number of pyridine rings is 1. The van der Waals surface area contributed by atoms with E-state index in [-0.39, 0.29) is 0 Å². The Bertz CT molecular complexity index is 555. The highest BCUT2D eigenvalue weighted by atomic mass is 15.2. The summed E-state index contributed by atoms with van der Waals surface area (Å²) in [6.07, 6.45) is 9.07.